The number of hydrogen-bond donors (Lipinski definition) is 1. The molecular weight excluding hydrogens is 486 g/mol. The molecular formula is C30H31NO5S. The summed E-state index contributed by atoms with van der Waals surface area (Å²) >= 11 is 1.62. The minimum absolute atomic E-state index is 0.303. The summed E-state index contributed by atoms with van der Waals surface area (Å²) in [6.07, 6.45) is -0.357. The molecule has 37 heavy (non-hydrogen) atoms. The molecule has 0 unspecified atom stereocenters. The molecule has 2 saturated heterocycles. The summed E-state index contributed by atoms with van der Waals surface area (Å²) in [5.41, 5.74) is 2.56. The Kier molecular flexibility index (Phi) is 8.08. The predicted octanol–water partition coefficient (Wildman–Crippen LogP) is 6.02. The fourth-order valence-electron chi connectivity index (χ4n) is 4.37. The quantitative estimate of drug-likeness (QED) is 0.277. The number of rotatable bonds is 9. The third-order valence-electron chi connectivity index (χ3n) is 6.04. The topological polar surface area (TPSA) is 69.5 Å². The molecule has 0 aliphatic carbocycles. The summed E-state index contributed by atoms with van der Waals surface area (Å²) in [7, 11) is 0. The van der Waals surface area contributed by atoms with Gasteiger partial charge in [0.2, 0.25) is 0 Å². The number of oxime groups is 1. The van der Waals surface area contributed by atoms with Crippen molar-refractivity contribution >= 4 is 23.5 Å². The normalized spacial score (nSPS) is 24.7. The van der Waals surface area contributed by atoms with Gasteiger partial charge in [-0.05, 0) is 48.1 Å². The van der Waals surface area contributed by atoms with Crippen LogP contribution in [0.25, 0.3) is 6.08 Å². The van der Waals surface area contributed by atoms with Crippen LogP contribution >= 0.6 is 11.8 Å². The maximum Gasteiger partial charge on any atom is 0.193 e. The lowest BCUT2D eigenvalue weighted by atomic mass is 10.0. The molecule has 3 aromatic rings. The molecule has 0 spiro atoms. The molecule has 6 nitrogen and oxygen atoms in total. The van der Waals surface area contributed by atoms with Crippen molar-refractivity contribution in [3.05, 3.63) is 107 Å². The number of nitrogens with zero attached hydrogens (tertiary/aromatic N) is 1. The van der Waals surface area contributed by atoms with Crippen molar-refractivity contribution in [1.82, 2.24) is 0 Å². The zero-order chi connectivity index (χ0) is 25.7. The molecule has 0 amide bonds. The first-order valence-electron chi connectivity index (χ1n) is 12.4. The van der Waals surface area contributed by atoms with Crippen LogP contribution in [0.15, 0.2) is 106 Å². The average molecular weight is 518 g/mol. The third kappa shape index (κ3) is 6.69. The molecule has 3 aromatic carbocycles. The van der Waals surface area contributed by atoms with Crippen molar-refractivity contribution in [3.63, 3.8) is 0 Å². The Balaban J connectivity index is 1.36. The van der Waals surface area contributed by atoms with Crippen LogP contribution in [0.5, 0.6) is 0 Å². The first-order valence-corrected chi connectivity index (χ1v) is 13.2. The highest BCUT2D eigenvalue weighted by molar-refractivity contribution is 8.03. The second kappa shape index (κ2) is 11.6. The Morgan fingerprint density at radius 2 is 1.62 bits per heavy atom. The van der Waals surface area contributed by atoms with E-state index in [1.165, 1.54) is 0 Å². The van der Waals surface area contributed by atoms with E-state index in [2.05, 4.69) is 23.4 Å². The number of aliphatic hydroxyl groups is 1. The van der Waals surface area contributed by atoms with E-state index in [1.807, 2.05) is 92.7 Å². The molecule has 0 bridgehead atoms. The summed E-state index contributed by atoms with van der Waals surface area (Å²) in [6, 6.07) is 30.0. The van der Waals surface area contributed by atoms with Crippen LogP contribution < -0.4 is 0 Å². The second-order valence-corrected chi connectivity index (χ2v) is 10.7. The van der Waals surface area contributed by atoms with E-state index in [1.54, 1.807) is 11.8 Å². The lowest BCUT2D eigenvalue weighted by molar-refractivity contribution is -0.204. The van der Waals surface area contributed by atoms with Gasteiger partial charge >= 0.3 is 0 Å². The molecule has 2 aliphatic heterocycles. The Labute approximate surface area is 221 Å². The number of ether oxygens (including phenoxy) is 3. The van der Waals surface area contributed by atoms with E-state index in [9.17, 15) is 5.11 Å². The van der Waals surface area contributed by atoms with E-state index in [0.717, 1.165) is 20.9 Å². The molecule has 5 rings (SSSR count). The van der Waals surface area contributed by atoms with E-state index >= 15 is 0 Å². The van der Waals surface area contributed by atoms with Gasteiger partial charge in [-0.15, -0.1) is 0 Å². The minimum Gasteiger partial charge on any atom is -0.391 e. The SMILES string of the molecule is CC1(C)O[C@H]2O[C@H]([C@H](O)C/C(=C/c3ccccc3)Sc3ccccc3)/C(=N\OCc3ccccc3)[C@H]2O1. The Hall–Kier alpha value is -2.94. The van der Waals surface area contributed by atoms with Crippen LogP contribution in [0.2, 0.25) is 0 Å². The van der Waals surface area contributed by atoms with E-state index in [4.69, 9.17) is 19.0 Å². The molecule has 7 heteroatoms. The van der Waals surface area contributed by atoms with Gasteiger partial charge in [-0.2, -0.15) is 0 Å². The highest BCUT2D eigenvalue weighted by atomic mass is 32.2. The van der Waals surface area contributed by atoms with Crippen LogP contribution in [0.1, 0.15) is 31.4 Å². The maximum absolute atomic E-state index is 11.4. The summed E-state index contributed by atoms with van der Waals surface area (Å²) < 4.78 is 18.2. The van der Waals surface area contributed by atoms with E-state index < -0.39 is 30.4 Å². The minimum atomic E-state index is -0.883. The van der Waals surface area contributed by atoms with Crippen LogP contribution in [0.3, 0.4) is 0 Å². The van der Waals surface area contributed by atoms with Gasteiger partial charge in [-0.1, -0.05) is 95.8 Å². The number of aliphatic hydroxyl groups excluding tert-OH is 1. The maximum atomic E-state index is 11.4. The molecule has 0 aromatic heterocycles. The number of thioether (sulfide) groups is 1. The summed E-state index contributed by atoms with van der Waals surface area (Å²) in [5.74, 6) is -0.813. The summed E-state index contributed by atoms with van der Waals surface area (Å²) in [6.45, 7) is 3.97. The first kappa shape index (κ1) is 25.7. The zero-order valence-corrected chi connectivity index (χ0v) is 21.7. The van der Waals surface area contributed by atoms with Gasteiger partial charge in [0.05, 0.1) is 6.10 Å². The van der Waals surface area contributed by atoms with Crippen LogP contribution in [-0.2, 0) is 25.7 Å². The highest BCUT2D eigenvalue weighted by Gasteiger charge is 2.55. The summed E-state index contributed by atoms with van der Waals surface area (Å²) in [5, 5.41) is 15.8. The molecule has 2 fully saturated rings. The van der Waals surface area contributed by atoms with Crippen molar-refractivity contribution in [2.24, 2.45) is 5.16 Å². The monoisotopic (exact) mass is 517 g/mol. The number of benzene rings is 3. The Morgan fingerprint density at radius 1 is 0.973 bits per heavy atom. The third-order valence-corrected chi connectivity index (χ3v) is 7.10. The van der Waals surface area contributed by atoms with E-state index in [0.29, 0.717) is 18.7 Å². The van der Waals surface area contributed by atoms with Crippen LogP contribution in [-0.4, -0.2) is 41.2 Å². The molecule has 4 atom stereocenters. The summed E-state index contributed by atoms with van der Waals surface area (Å²) in [4.78, 5) is 7.79. The van der Waals surface area contributed by atoms with Gasteiger partial charge in [0.15, 0.2) is 18.2 Å². The molecule has 192 valence electrons. The largest absolute Gasteiger partial charge is 0.391 e. The zero-order valence-electron chi connectivity index (χ0n) is 20.9. The van der Waals surface area contributed by atoms with Gasteiger partial charge in [-0.25, -0.2) is 0 Å². The standard InChI is InChI=1S/C30H31NO5S/c1-30(2)35-28-26(31-33-20-22-14-8-4-9-15-22)27(34-29(28)36-30)25(32)19-24(18-21-12-6-3-7-13-21)37-23-16-10-5-11-17-23/h3-18,25,27-29,32H,19-20H2,1-2H3/b24-18-,31-26+/t25-,27-,28-,29-/m1/s1. The van der Waals surface area contributed by atoms with Gasteiger partial charge in [0.25, 0.3) is 0 Å². The van der Waals surface area contributed by atoms with Gasteiger partial charge in [0.1, 0.15) is 18.4 Å². The van der Waals surface area contributed by atoms with Gasteiger partial charge in [0, 0.05) is 11.3 Å². The highest BCUT2D eigenvalue weighted by Crippen LogP contribution is 2.39. The van der Waals surface area contributed by atoms with Crippen molar-refractivity contribution in [1.29, 1.82) is 0 Å². The lowest BCUT2D eigenvalue weighted by Crippen LogP contribution is -2.37. The molecule has 2 heterocycles. The van der Waals surface area contributed by atoms with Crippen LogP contribution in [0, 0.1) is 0 Å². The molecule has 0 saturated carbocycles. The van der Waals surface area contributed by atoms with E-state index in [-0.39, 0.29) is 0 Å². The smallest absolute Gasteiger partial charge is 0.193 e. The second-order valence-electron chi connectivity index (χ2n) is 9.46. The van der Waals surface area contributed by atoms with Crippen molar-refractivity contribution in [2.45, 2.75) is 62.2 Å². The fourth-order valence-corrected chi connectivity index (χ4v) is 5.42. The molecule has 0 radical (unpaired) electrons. The van der Waals surface area contributed by atoms with Gasteiger partial charge in [-0.3, -0.25) is 0 Å². The molecule has 1 N–H and O–H groups in total. The molecule has 2 aliphatic rings. The van der Waals surface area contributed by atoms with Crippen molar-refractivity contribution in [2.75, 3.05) is 0 Å². The number of hydrogen-bond acceptors (Lipinski definition) is 7. The Bertz CT molecular complexity index is 1220. The first-order chi connectivity index (χ1) is 18.0. The lowest BCUT2D eigenvalue weighted by Gasteiger charge is -2.24. The average Bonchev–Trinajstić information content (AvgIpc) is 3.38. The van der Waals surface area contributed by atoms with Gasteiger partial charge < -0.3 is 24.2 Å². The van der Waals surface area contributed by atoms with Crippen molar-refractivity contribution < 1.29 is 24.2 Å². The van der Waals surface area contributed by atoms with Crippen molar-refractivity contribution in [3.8, 4) is 0 Å². The number of fused-ring (bicyclic) bond motifs is 1. The van der Waals surface area contributed by atoms with Crippen LogP contribution in [0.4, 0.5) is 0 Å². The predicted molar refractivity (Wildman–Crippen MR) is 145 cm³/mol. The fraction of sp³-hybridized carbons (Fsp3) is 0.300. The Morgan fingerprint density at radius 3 is 2.32 bits per heavy atom.